The van der Waals surface area contributed by atoms with Crippen molar-refractivity contribution in [3.05, 3.63) is 168 Å². The maximum Gasteiger partial charge on any atom is 0.330 e. The first kappa shape index (κ1) is 98.2. The summed E-state index contributed by atoms with van der Waals surface area (Å²) >= 11 is 23.0. The molecular formula is C70H89Cl4F12N13O20. The molecule has 2 bridgehead atoms. The molecule has 5 aromatic rings. The standard InChI is InChI=1S/C13H18F2N2O3.C12H18ClF2N3O2.C12H15ClF2N2O3.C11H13ClF2N2O4.C11H11ClF2N2O3.C11H14F2N2O5/c1-4-12(5-2)8(3)13(14,15)10(20-12)17-7-6-9(18)16-11(17)19;1-4-11(6-13)8(3)12(14,15)9(20-11)18(5-2)10(19)17-7-16;1-3-11(6-13)7(2)12(14,15)9(20-11)17-5-4-8(18)16-10(17)19;1-6-10(4-12,5-17)20-8(11(6,13)14)16-3-2-7(18)15-9(16)19;1-6-10(4-12)5-18-9-15-7(17)2-3-16(9)8(19-10)11(6,13)14;1-6-10(4-16,5-17)20-8(11(6,12)13)15-3-2-7(18)14-9(15)19/h6-8,10H,4-5H2,1-3H3,(H,16,18,19);5,7-9H,2,4,6H2,1,3H3,(H2,16,17,19);4-5,7,9H,3,6H2,1-2H3,(H,16,18,19);2-3,6,8,17H,4-5H2,1H3,(H,15,18,19);2-3,6,8H,4-5H2,1H3;2-3,6,8,16-17H,4-5H2,1H3,(H,14,18,19)/t8-,10-;8-,9-,11+;7-,9-,11+;2*6-,8-,10-;6-,8-/m111111/s1. The number of nitrogens with one attached hydrogen (secondary N) is 6. The number of rotatable bonds is 18. The molecule has 119 heavy (non-hydrogen) atoms. The lowest BCUT2D eigenvalue weighted by molar-refractivity contribution is -0.154. The van der Waals surface area contributed by atoms with Gasteiger partial charge in [-0.15, -0.1) is 46.4 Å². The quantitative estimate of drug-likeness (QED) is 0.0182. The van der Waals surface area contributed by atoms with E-state index < -0.39 is 218 Å². The summed E-state index contributed by atoms with van der Waals surface area (Å²) in [6.45, 7) is 15.6. The summed E-state index contributed by atoms with van der Waals surface area (Å²) in [5, 5.41) is 36.6. The smallest absolute Gasteiger partial charge is 0.330 e. The molecule has 0 saturated carbocycles. The molecule has 6 fully saturated rings. The predicted molar refractivity (Wildman–Crippen MR) is 400 cm³/mol. The lowest BCUT2D eigenvalue weighted by Crippen LogP contribution is -2.50. The van der Waals surface area contributed by atoms with Gasteiger partial charge in [0.1, 0.15) is 23.4 Å². The number of amides is 2. The number of carbonyl (C=O) groups is 1. The van der Waals surface area contributed by atoms with Crippen LogP contribution in [0, 0.1) is 40.9 Å². The molecule has 5 aromatic heterocycles. The van der Waals surface area contributed by atoms with Crippen molar-refractivity contribution in [1.29, 1.82) is 5.41 Å². The number of aromatic amines is 4. The summed E-state index contributed by atoms with van der Waals surface area (Å²) < 4.78 is 213. The van der Waals surface area contributed by atoms with Crippen LogP contribution in [0.25, 0.3) is 0 Å². The number of nitrogens with zero attached hydrogens (tertiary/aromatic N) is 7. The number of aromatic nitrogens is 10. The van der Waals surface area contributed by atoms with Crippen molar-refractivity contribution < 1.29 is 106 Å². The Morgan fingerprint density at radius 2 is 0.773 bits per heavy atom. The molecule has 0 radical (unpaired) electrons. The zero-order valence-corrected chi connectivity index (χ0v) is 68.0. The Morgan fingerprint density at radius 1 is 0.471 bits per heavy atom. The molecule has 7 aliphatic heterocycles. The van der Waals surface area contributed by atoms with Gasteiger partial charge in [-0.1, -0.05) is 75.8 Å². The fraction of sp³-hybridized carbons (Fsp3) is 0.657. The van der Waals surface area contributed by atoms with Crippen LogP contribution in [0.5, 0.6) is 6.01 Å². The molecule has 33 nitrogen and oxygen atoms in total. The number of aliphatic hydroxyl groups excluding tert-OH is 3. The zero-order valence-electron chi connectivity index (χ0n) is 65.0. The van der Waals surface area contributed by atoms with E-state index in [0.717, 1.165) is 77.4 Å². The molecule has 0 aliphatic carbocycles. The van der Waals surface area contributed by atoms with E-state index in [0.29, 0.717) is 50.6 Å². The van der Waals surface area contributed by atoms with E-state index in [9.17, 15) is 116 Å². The number of aliphatic hydroxyl groups is 3. The fourth-order valence-corrected chi connectivity index (χ4v) is 16.1. The second kappa shape index (κ2) is 37.0. The zero-order chi connectivity index (χ0) is 89.9. The van der Waals surface area contributed by atoms with E-state index in [1.807, 2.05) is 25.3 Å². The Morgan fingerprint density at radius 3 is 1.07 bits per heavy atom. The van der Waals surface area contributed by atoms with Crippen LogP contribution in [0.4, 0.5) is 57.5 Å². The monoisotopic (exact) mass is 1800 g/mol. The summed E-state index contributed by atoms with van der Waals surface area (Å²) in [5.41, 5.74) is -15.3. The van der Waals surface area contributed by atoms with Crippen molar-refractivity contribution in [2.45, 2.75) is 201 Å². The molecular weight excluding hydrogens is 1710 g/mol. The maximum absolute atomic E-state index is 14.5. The molecule has 12 heterocycles. The van der Waals surface area contributed by atoms with Gasteiger partial charge in [-0.05, 0) is 25.7 Å². The number of urea groups is 1. The van der Waals surface area contributed by atoms with Crippen LogP contribution in [-0.2, 0) is 28.4 Å². The van der Waals surface area contributed by atoms with Crippen LogP contribution in [0.1, 0.15) is 126 Å². The molecule has 0 spiro atoms. The Balaban J connectivity index is 0.000000197. The topological polar surface area (TPSA) is 436 Å². The van der Waals surface area contributed by atoms with E-state index in [4.69, 9.17) is 85.0 Å². The van der Waals surface area contributed by atoms with Crippen molar-refractivity contribution in [3.63, 3.8) is 0 Å². The van der Waals surface area contributed by atoms with E-state index in [1.165, 1.54) is 40.8 Å². The van der Waals surface area contributed by atoms with Gasteiger partial charge in [0.2, 0.25) is 37.4 Å². The Hall–Kier alpha value is -7.96. The first-order valence-corrected chi connectivity index (χ1v) is 38.6. The van der Waals surface area contributed by atoms with Crippen LogP contribution in [-0.4, -0.2) is 206 Å². The predicted octanol–water partition coefficient (Wildman–Crippen LogP) is 7.16. The molecule has 49 heteroatoms. The van der Waals surface area contributed by atoms with Crippen LogP contribution in [0.3, 0.4) is 0 Å². The van der Waals surface area contributed by atoms with Crippen LogP contribution in [0.2, 0.25) is 0 Å². The van der Waals surface area contributed by atoms with Gasteiger partial charge in [-0.3, -0.25) is 82.4 Å². The van der Waals surface area contributed by atoms with Crippen molar-refractivity contribution in [1.82, 2.24) is 58.0 Å². The third-order valence-corrected chi connectivity index (χ3v) is 25.0. The van der Waals surface area contributed by atoms with Gasteiger partial charge >= 0.3 is 34.8 Å². The van der Waals surface area contributed by atoms with Gasteiger partial charge in [-0.25, -0.2) is 76.7 Å². The molecule has 12 rings (SSSR count). The van der Waals surface area contributed by atoms with Crippen molar-refractivity contribution in [2.75, 3.05) is 49.9 Å². The van der Waals surface area contributed by atoms with Crippen molar-refractivity contribution >= 4 is 58.8 Å². The summed E-state index contributed by atoms with van der Waals surface area (Å²) in [7, 11) is 0. The number of ether oxygens (including phenoxy) is 7. The molecule has 666 valence electrons. The van der Waals surface area contributed by atoms with Crippen LogP contribution >= 0.6 is 46.4 Å². The van der Waals surface area contributed by atoms with Crippen molar-refractivity contribution in [2.24, 2.45) is 35.5 Å². The maximum atomic E-state index is 14.5. The lowest BCUT2D eigenvalue weighted by atomic mass is 9.82. The molecule has 2 amide bonds. The van der Waals surface area contributed by atoms with E-state index in [-0.39, 0.29) is 36.1 Å². The number of hydrogen-bond donors (Lipinski definition) is 9. The molecule has 7 aliphatic rings. The third kappa shape index (κ3) is 18.0. The Labute approximate surface area is 685 Å². The van der Waals surface area contributed by atoms with Gasteiger partial charge in [0.15, 0.2) is 0 Å². The highest BCUT2D eigenvalue weighted by Gasteiger charge is 2.70. The number of hydrogen-bond acceptors (Lipinski definition) is 22. The van der Waals surface area contributed by atoms with Crippen molar-refractivity contribution in [3.8, 4) is 6.01 Å². The van der Waals surface area contributed by atoms with Gasteiger partial charge in [0.05, 0.1) is 102 Å². The number of carbonyl (C=O) groups excluding carboxylic acids is 1. The fourth-order valence-electron chi connectivity index (χ4n) is 14.4. The van der Waals surface area contributed by atoms with Crippen LogP contribution < -0.4 is 60.6 Å². The van der Waals surface area contributed by atoms with E-state index >= 15 is 0 Å². The highest BCUT2D eigenvalue weighted by molar-refractivity contribution is 6.19. The largest absolute Gasteiger partial charge is 0.461 e. The average molecular weight is 1800 g/mol. The van der Waals surface area contributed by atoms with E-state index in [1.54, 1.807) is 27.7 Å². The van der Waals surface area contributed by atoms with Gasteiger partial charge in [-0.2, -0.15) is 4.98 Å². The first-order chi connectivity index (χ1) is 55.3. The lowest BCUT2D eigenvalue weighted by Gasteiger charge is -2.30. The Kier molecular flexibility index (Phi) is 30.5. The van der Waals surface area contributed by atoms with E-state index in [2.05, 4.69) is 11.6 Å². The highest BCUT2D eigenvalue weighted by atomic mass is 35.5. The molecule has 0 unspecified atom stereocenters. The second-order valence-electron chi connectivity index (χ2n) is 29.0. The Bertz CT molecular complexity index is 4550. The first-order valence-electron chi connectivity index (χ1n) is 36.4. The highest BCUT2D eigenvalue weighted by Crippen LogP contribution is 2.59. The van der Waals surface area contributed by atoms with Gasteiger partial charge in [0, 0.05) is 67.5 Å². The second-order valence-corrected chi connectivity index (χ2v) is 30.1. The molecule has 0 aromatic carbocycles. The van der Waals surface area contributed by atoms with Gasteiger partial charge < -0.3 is 48.5 Å². The number of alkyl halides is 16. The summed E-state index contributed by atoms with van der Waals surface area (Å²) in [6, 6.07) is 3.88. The number of halogens is 16. The van der Waals surface area contributed by atoms with Gasteiger partial charge in [0.25, 0.3) is 63.3 Å². The average Bonchev–Trinajstić information content (AvgIpc) is 1.59. The molecule has 9 N–H and O–H groups in total. The third-order valence-electron chi connectivity index (χ3n) is 23.2. The minimum Gasteiger partial charge on any atom is -0.461 e. The molecule has 16 atom stereocenters. The number of fused-ring (bicyclic) bond motifs is 4. The number of H-pyrrole nitrogens is 4. The minimum absolute atomic E-state index is 0.102. The molecule has 6 saturated heterocycles. The van der Waals surface area contributed by atoms with Crippen LogP contribution in [0.15, 0.2) is 117 Å². The summed E-state index contributed by atoms with van der Waals surface area (Å²) in [5.74, 6) is -27.8. The minimum atomic E-state index is -3.51. The summed E-state index contributed by atoms with van der Waals surface area (Å²) in [4.78, 5) is 125. The normalized spacial score (nSPS) is 31.2. The summed E-state index contributed by atoms with van der Waals surface area (Å²) in [6.07, 6.45) is -2.73. The SMILES string of the molecule is C=CN(C(=O)NC=N)[C@@H]1O[C@@](CC)(CCl)[C@@H](C)C1(F)F.CCC1(CC)O[C@@H](n2ccc(=O)[nH]c2=O)C(F)(F)[C@@H]1C.CC[C@@]1(CCl)O[C@@H](n2ccc(=O)[nH]c2=O)C(F)(F)[C@@H]1C.C[C@@H]1C(CO)(CO)O[C@@H](n2ccc(=O)[nH]c2=O)C1(F)F.C[C@H]1C(F)(F)[C@H](n2ccc(=O)[nH]c2=O)O[C@@]1(CO)CCl.C[C@H]1C(F)(F)[C@H]2O[C@]1(CCl)COc1nc(=O)ccn12.